The molecule has 0 amide bonds. The second kappa shape index (κ2) is 10.1. The van der Waals surface area contributed by atoms with Crippen molar-refractivity contribution in [2.75, 3.05) is 46.2 Å². The first-order valence-electron chi connectivity index (χ1n) is 6.87. The summed E-state index contributed by atoms with van der Waals surface area (Å²) in [5.41, 5.74) is -2.75. The number of aliphatic hydroxyl groups is 6. The van der Waals surface area contributed by atoms with E-state index >= 15 is 0 Å². The molecular weight excluding hydrogens is 300 g/mol. The van der Waals surface area contributed by atoms with Crippen LogP contribution in [0.3, 0.4) is 0 Å². The van der Waals surface area contributed by atoms with Crippen LogP contribution in [0.25, 0.3) is 0 Å². The summed E-state index contributed by atoms with van der Waals surface area (Å²) in [7, 11) is 0. The summed E-state index contributed by atoms with van der Waals surface area (Å²) >= 11 is 0. The number of aliphatic carboxylic acids is 1. The maximum absolute atomic E-state index is 10.5. The van der Waals surface area contributed by atoms with Crippen LogP contribution in [0, 0.1) is 10.8 Å². The number of hydrogen-bond acceptors (Lipinski definition) is 8. The zero-order valence-electron chi connectivity index (χ0n) is 12.4. The van der Waals surface area contributed by atoms with Crippen molar-refractivity contribution in [3.8, 4) is 0 Å². The van der Waals surface area contributed by atoms with Gasteiger partial charge in [0.15, 0.2) is 0 Å². The summed E-state index contributed by atoms with van der Waals surface area (Å²) in [6.45, 7) is -3.48. The van der Waals surface area contributed by atoms with Gasteiger partial charge in [0.25, 0.3) is 0 Å². The van der Waals surface area contributed by atoms with Crippen LogP contribution in [0.5, 0.6) is 0 Å². The highest BCUT2D eigenvalue weighted by Gasteiger charge is 2.39. The lowest BCUT2D eigenvalue weighted by atomic mass is 9.82. The van der Waals surface area contributed by atoms with Crippen molar-refractivity contribution in [2.24, 2.45) is 10.8 Å². The highest BCUT2D eigenvalue weighted by molar-refractivity contribution is 5.66. The van der Waals surface area contributed by atoms with Crippen molar-refractivity contribution in [3.05, 3.63) is 0 Å². The highest BCUT2D eigenvalue weighted by Crippen LogP contribution is 2.26. The molecule has 132 valence electrons. The third-order valence-electron chi connectivity index (χ3n) is 3.77. The van der Waals surface area contributed by atoms with Gasteiger partial charge < -0.3 is 40.5 Å². The summed E-state index contributed by atoms with van der Waals surface area (Å²) < 4.78 is 5.24. The molecule has 0 radical (unpaired) electrons. The van der Waals surface area contributed by atoms with Gasteiger partial charge in [-0.1, -0.05) is 0 Å². The molecule has 9 nitrogen and oxygen atoms in total. The van der Waals surface area contributed by atoms with Crippen LogP contribution in [0.2, 0.25) is 0 Å². The maximum Gasteiger partial charge on any atom is 0.303 e. The van der Waals surface area contributed by atoms with Crippen LogP contribution in [0.15, 0.2) is 0 Å². The van der Waals surface area contributed by atoms with Crippen molar-refractivity contribution in [1.82, 2.24) is 0 Å². The first-order valence-corrected chi connectivity index (χ1v) is 6.87. The van der Waals surface area contributed by atoms with E-state index in [9.17, 15) is 20.1 Å². The first kappa shape index (κ1) is 21.2. The van der Waals surface area contributed by atoms with Crippen LogP contribution >= 0.6 is 0 Å². The Labute approximate surface area is 128 Å². The quantitative estimate of drug-likeness (QED) is 0.188. The fraction of sp³-hybridized carbons (Fsp3) is 0.923. The third kappa shape index (κ3) is 5.76. The molecule has 0 spiro atoms. The Morgan fingerprint density at radius 2 is 1.41 bits per heavy atom. The molecule has 0 saturated heterocycles. The van der Waals surface area contributed by atoms with Gasteiger partial charge in [0.1, 0.15) is 0 Å². The number of carboxylic acids is 1. The van der Waals surface area contributed by atoms with Crippen LogP contribution in [-0.2, 0) is 9.53 Å². The molecule has 0 aliphatic heterocycles. The van der Waals surface area contributed by atoms with E-state index in [1.807, 2.05) is 0 Å². The topological polar surface area (TPSA) is 168 Å². The smallest absolute Gasteiger partial charge is 0.303 e. The van der Waals surface area contributed by atoms with Gasteiger partial charge in [-0.05, 0) is 6.42 Å². The summed E-state index contributed by atoms with van der Waals surface area (Å²) in [6, 6.07) is 0. The second-order valence-corrected chi connectivity index (χ2v) is 5.59. The monoisotopic (exact) mass is 326 g/mol. The van der Waals surface area contributed by atoms with Crippen LogP contribution in [-0.4, -0.2) is 94.1 Å². The molecule has 0 rings (SSSR count). The molecule has 22 heavy (non-hydrogen) atoms. The molecule has 9 heteroatoms. The number of aliphatic hydroxyl groups excluding tert-OH is 6. The summed E-state index contributed by atoms with van der Waals surface area (Å²) in [5.74, 6) is -1.12. The van der Waals surface area contributed by atoms with Crippen molar-refractivity contribution in [1.29, 1.82) is 0 Å². The average molecular weight is 326 g/mol. The Morgan fingerprint density at radius 1 is 0.909 bits per heavy atom. The predicted molar refractivity (Wildman–Crippen MR) is 74.0 cm³/mol. The van der Waals surface area contributed by atoms with E-state index in [0.717, 1.165) is 0 Å². The zero-order valence-corrected chi connectivity index (χ0v) is 12.4. The molecule has 0 aromatic heterocycles. The van der Waals surface area contributed by atoms with Gasteiger partial charge in [-0.3, -0.25) is 4.79 Å². The standard InChI is InChI=1S/C13H26O9/c14-3-12(4-15,5-16)8-22-9-13(6-17,7-18)10(19)1-2-11(20)21/h10,14-19H,1-9H2,(H,20,21). The fourth-order valence-electron chi connectivity index (χ4n) is 1.77. The molecule has 0 bridgehead atoms. The predicted octanol–water partition coefficient (Wildman–Crippen LogP) is -2.84. The SMILES string of the molecule is O=C(O)CCC(O)C(CO)(CO)COCC(CO)(CO)CO. The molecule has 0 saturated carbocycles. The van der Waals surface area contributed by atoms with Gasteiger partial charge in [0, 0.05) is 6.42 Å². The van der Waals surface area contributed by atoms with Crippen LogP contribution < -0.4 is 0 Å². The Hall–Kier alpha value is -0.810. The van der Waals surface area contributed by atoms with Gasteiger partial charge in [-0.15, -0.1) is 0 Å². The van der Waals surface area contributed by atoms with E-state index in [1.165, 1.54) is 0 Å². The minimum Gasteiger partial charge on any atom is -0.481 e. The summed E-state index contributed by atoms with van der Waals surface area (Å²) in [6.07, 6.45) is -1.83. The van der Waals surface area contributed by atoms with E-state index in [0.29, 0.717) is 0 Å². The molecule has 7 N–H and O–H groups in total. The van der Waals surface area contributed by atoms with E-state index in [-0.39, 0.29) is 26.1 Å². The largest absolute Gasteiger partial charge is 0.481 e. The molecule has 0 aliphatic carbocycles. The van der Waals surface area contributed by atoms with Crippen LogP contribution in [0.1, 0.15) is 12.8 Å². The molecule has 0 fully saturated rings. The highest BCUT2D eigenvalue weighted by atomic mass is 16.5. The van der Waals surface area contributed by atoms with Gasteiger partial charge in [0.05, 0.1) is 63.2 Å². The Morgan fingerprint density at radius 3 is 1.77 bits per heavy atom. The maximum atomic E-state index is 10.5. The van der Waals surface area contributed by atoms with Crippen molar-refractivity contribution < 1.29 is 45.3 Å². The molecule has 1 atom stereocenters. The molecule has 1 unspecified atom stereocenters. The molecule has 0 aromatic carbocycles. The van der Waals surface area contributed by atoms with Gasteiger partial charge in [0.2, 0.25) is 0 Å². The average Bonchev–Trinajstić information content (AvgIpc) is 2.54. The number of ether oxygens (including phenoxy) is 1. The van der Waals surface area contributed by atoms with E-state index in [1.54, 1.807) is 0 Å². The lowest BCUT2D eigenvalue weighted by Gasteiger charge is -2.36. The van der Waals surface area contributed by atoms with E-state index in [4.69, 9.17) is 25.2 Å². The fourth-order valence-corrected chi connectivity index (χ4v) is 1.77. The lowest BCUT2D eigenvalue weighted by Crippen LogP contribution is -2.48. The lowest BCUT2D eigenvalue weighted by molar-refractivity contribution is -0.143. The zero-order chi connectivity index (χ0) is 17.2. The second-order valence-electron chi connectivity index (χ2n) is 5.59. The van der Waals surface area contributed by atoms with E-state index in [2.05, 4.69) is 0 Å². The number of carboxylic acid groups (broad SMARTS) is 1. The van der Waals surface area contributed by atoms with Crippen LogP contribution in [0.4, 0.5) is 0 Å². The normalized spacial score (nSPS) is 14.1. The molecule has 0 heterocycles. The van der Waals surface area contributed by atoms with Crippen molar-refractivity contribution >= 4 is 5.97 Å². The molecular formula is C13H26O9. The van der Waals surface area contributed by atoms with Gasteiger partial charge in [-0.2, -0.15) is 0 Å². The number of carbonyl (C=O) groups is 1. The molecule has 0 aliphatic rings. The number of rotatable bonds is 13. The minimum absolute atomic E-state index is 0.176. The van der Waals surface area contributed by atoms with E-state index < -0.39 is 55.9 Å². The summed E-state index contributed by atoms with van der Waals surface area (Å²) in [4.78, 5) is 10.5. The van der Waals surface area contributed by atoms with Crippen molar-refractivity contribution in [3.63, 3.8) is 0 Å². The van der Waals surface area contributed by atoms with Crippen molar-refractivity contribution in [2.45, 2.75) is 18.9 Å². The first-order chi connectivity index (χ1) is 10.3. The Kier molecular flexibility index (Phi) is 9.69. The minimum atomic E-state index is -1.47. The Balaban J connectivity index is 4.71. The summed E-state index contributed by atoms with van der Waals surface area (Å²) in [5, 5.41) is 64.9. The Bertz CT molecular complexity index is 304. The van der Waals surface area contributed by atoms with Gasteiger partial charge >= 0.3 is 5.97 Å². The molecule has 0 aromatic rings. The number of hydrogen-bond donors (Lipinski definition) is 7. The third-order valence-corrected chi connectivity index (χ3v) is 3.77. The van der Waals surface area contributed by atoms with Gasteiger partial charge in [-0.25, -0.2) is 0 Å².